The third-order valence-electron chi connectivity index (χ3n) is 10.4. The Bertz CT molecular complexity index is 1240. The predicted molar refractivity (Wildman–Crippen MR) is 150 cm³/mol. The molecule has 0 amide bonds. The number of allylic oxidation sites excluding steroid dienone is 1. The largest absolute Gasteiger partial charge is 0.458 e. The predicted octanol–water partition coefficient (Wildman–Crippen LogP) is 6.05. The lowest BCUT2D eigenvalue weighted by Crippen LogP contribution is -2.61. The Hall–Kier alpha value is -3.07. The summed E-state index contributed by atoms with van der Waals surface area (Å²) >= 11 is 0. The SMILES string of the molecule is CC(C)[C@H]1CC[C@H](C)C[C@@H]1O[C@H]1OC(=O)[C@]23[C@@H](OC(=O)c4ccc([N+](=O)[O-])cc4)CCC(C)(C)[C@@H]2CC=C(C=O)[C@H]13. The Morgan fingerprint density at radius 1 is 1.17 bits per heavy atom. The van der Waals surface area contributed by atoms with Gasteiger partial charge in [-0.15, -0.1) is 0 Å². The molecule has 3 fully saturated rings. The number of esters is 2. The van der Waals surface area contributed by atoms with E-state index in [-0.39, 0.29) is 28.7 Å². The highest BCUT2D eigenvalue weighted by Crippen LogP contribution is 2.65. The van der Waals surface area contributed by atoms with Crippen molar-refractivity contribution in [2.75, 3.05) is 0 Å². The first kappa shape index (κ1) is 29.4. The maximum Gasteiger partial charge on any atom is 0.338 e. The number of carbonyl (C=O) groups is 3. The molecule has 41 heavy (non-hydrogen) atoms. The van der Waals surface area contributed by atoms with Crippen LogP contribution in [0.25, 0.3) is 0 Å². The van der Waals surface area contributed by atoms with E-state index in [2.05, 4.69) is 34.6 Å². The van der Waals surface area contributed by atoms with Crippen LogP contribution in [0.3, 0.4) is 0 Å². The average Bonchev–Trinajstić information content (AvgIpc) is 3.21. The number of benzene rings is 1. The van der Waals surface area contributed by atoms with Crippen LogP contribution in [0.15, 0.2) is 35.9 Å². The van der Waals surface area contributed by atoms with E-state index in [9.17, 15) is 24.5 Å². The van der Waals surface area contributed by atoms with E-state index in [1.165, 1.54) is 24.3 Å². The smallest absolute Gasteiger partial charge is 0.338 e. The quantitative estimate of drug-likeness (QED) is 0.169. The maximum atomic E-state index is 14.2. The fraction of sp³-hybridized carbons (Fsp3) is 0.656. The average molecular weight is 568 g/mol. The van der Waals surface area contributed by atoms with Gasteiger partial charge in [-0.25, -0.2) is 4.79 Å². The second kappa shape index (κ2) is 11.0. The van der Waals surface area contributed by atoms with Crippen molar-refractivity contribution in [3.05, 3.63) is 51.6 Å². The van der Waals surface area contributed by atoms with Crippen LogP contribution < -0.4 is 0 Å². The summed E-state index contributed by atoms with van der Waals surface area (Å²) in [5.74, 6) is -0.915. The molecule has 5 rings (SSSR count). The molecule has 0 radical (unpaired) electrons. The van der Waals surface area contributed by atoms with Gasteiger partial charge in [-0.3, -0.25) is 19.7 Å². The summed E-state index contributed by atoms with van der Waals surface area (Å²) in [5, 5.41) is 11.1. The molecular formula is C32H41NO8. The van der Waals surface area contributed by atoms with E-state index in [0.29, 0.717) is 42.6 Å². The minimum atomic E-state index is -1.28. The molecule has 1 aromatic rings. The normalized spacial score (nSPS) is 36.0. The highest BCUT2D eigenvalue weighted by molar-refractivity contribution is 5.91. The van der Waals surface area contributed by atoms with Gasteiger partial charge in [0.15, 0.2) is 0 Å². The van der Waals surface area contributed by atoms with E-state index < -0.39 is 40.6 Å². The van der Waals surface area contributed by atoms with E-state index in [4.69, 9.17) is 14.2 Å². The first-order valence-electron chi connectivity index (χ1n) is 14.9. The number of cyclic esters (lactones) is 1. The second-order valence-corrected chi connectivity index (χ2v) is 13.5. The van der Waals surface area contributed by atoms with Gasteiger partial charge in [-0.1, -0.05) is 47.1 Å². The van der Waals surface area contributed by atoms with Crippen molar-refractivity contribution in [3.63, 3.8) is 0 Å². The number of ether oxygens (including phenoxy) is 3. The molecule has 0 aromatic heterocycles. The van der Waals surface area contributed by atoms with Crippen LogP contribution in [-0.2, 0) is 23.8 Å². The molecule has 0 bridgehead atoms. The van der Waals surface area contributed by atoms with Crippen molar-refractivity contribution in [2.24, 2.45) is 40.4 Å². The Kier molecular flexibility index (Phi) is 7.87. The van der Waals surface area contributed by atoms with Gasteiger partial charge in [-0.2, -0.15) is 0 Å². The molecule has 9 nitrogen and oxygen atoms in total. The van der Waals surface area contributed by atoms with E-state index in [1.807, 2.05) is 6.08 Å². The number of nitro benzene ring substituents is 1. The molecule has 3 aliphatic carbocycles. The van der Waals surface area contributed by atoms with Crippen LogP contribution in [0.5, 0.6) is 0 Å². The fourth-order valence-electron chi connectivity index (χ4n) is 8.18. The molecular weight excluding hydrogens is 526 g/mol. The Labute approximate surface area is 241 Å². The third kappa shape index (κ3) is 5.00. The number of aldehydes is 1. The summed E-state index contributed by atoms with van der Waals surface area (Å²) in [5.41, 5.74) is -1.09. The fourth-order valence-corrected chi connectivity index (χ4v) is 8.18. The van der Waals surface area contributed by atoms with Crippen LogP contribution in [0.1, 0.15) is 83.5 Å². The zero-order valence-electron chi connectivity index (χ0n) is 24.5. The van der Waals surface area contributed by atoms with Gasteiger partial charge >= 0.3 is 11.9 Å². The summed E-state index contributed by atoms with van der Waals surface area (Å²) in [6.45, 7) is 10.8. The monoisotopic (exact) mass is 567 g/mol. The Balaban J connectivity index is 1.52. The van der Waals surface area contributed by atoms with Crippen LogP contribution in [0.2, 0.25) is 0 Å². The molecule has 1 aliphatic heterocycles. The van der Waals surface area contributed by atoms with Crippen LogP contribution in [0, 0.1) is 50.5 Å². The van der Waals surface area contributed by atoms with Gasteiger partial charge in [0.25, 0.3) is 5.69 Å². The van der Waals surface area contributed by atoms with Gasteiger partial charge < -0.3 is 14.2 Å². The first-order valence-corrected chi connectivity index (χ1v) is 14.9. The number of nitrogens with zero attached hydrogens (tertiary/aromatic N) is 1. The summed E-state index contributed by atoms with van der Waals surface area (Å²) < 4.78 is 18.9. The third-order valence-corrected chi connectivity index (χ3v) is 10.4. The summed E-state index contributed by atoms with van der Waals surface area (Å²) in [6.07, 6.45) is 5.41. The van der Waals surface area contributed by atoms with Crippen molar-refractivity contribution in [1.29, 1.82) is 0 Å². The summed E-state index contributed by atoms with van der Waals surface area (Å²) in [4.78, 5) is 50.6. The molecule has 4 aliphatic rings. The van der Waals surface area contributed by atoms with Gasteiger partial charge in [0, 0.05) is 12.1 Å². The lowest BCUT2D eigenvalue weighted by Gasteiger charge is -2.55. The van der Waals surface area contributed by atoms with Crippen molar-refractivity contribution in [2.45, 2.75) is 91.6 Å². The molecule has 0 N–H and O–H groups in total. The standard InChI is InChI=1S/C32H41NO8/c1-18(2)23-12-6-19(3)16-24(23)39-29-27-21(17-34)9-13-25-31(4,5)15-14-26(32(25,27)30(36)41-29)40-28(35)20-7-10-22(11-8-20)33(37)38/h7-11,17-19,23-27,29H,6,12-16H2,1-5H3/t19-,23+,24-,25-,26-,27+,29-,32-/m0/s1. The highest BCUT2D eigenvalue weighted by atomic mass is 16.7. The van der Waals surface area contributed by atoms with Crippen LogP contribution in [0.4, 0.5) is 5.69 Å². The summed E-state index contributed by atoms with van der Waals surface area (Å²) in [7, 11) is 0. The molecule has 9 heteroatoms. The lowest BCUT2D eigenvalue weighted by atomic mass is 9.47. The number of nitro groups is 1. The molecule has 1 aromatic carbocycles. The Morgan fingerprint density at radius 3 is 2.51 bits per heavy atom. The van der Waals surface area contributed by atoms with Crippen molar-refractivity contribution in [1.82, 2.24) is 0 Å². The van der Waals surface area contributed by atoms with Crippen molar-refractivity contribution in [3.8, 4) is 0 Å². The number of hydrogen-bond acceptors (Lipinski definition) is 8. The zero-order chi connectivity index (χ0) is 29.7. The molecule has 222 valence electrons. The second-order valence-electron chi connectivity index (χ2n) is 13.5. The van der Waals surface area contributed by atoms with Gasteiger partial charge in [0.2, 0.25) is 6.29 Å². The highest BCUT2D eigenvalue weighted by Gasteiger charge is 2.72. The number of rotatable bonds is 7. The number of hydrogen-bond donors (Lipinski definition) is 0. The minimum absolute atomic E-state index is 0.113. The van der Waals surface area contributed by atoms with Crippen LogP contribution in [-0.4, -0.2) is 41.6 Å². The minimum Gasteiger partial charge on any atom is -0.458 e. The lowest BCUT2D eigenvalue weighted by molar-refractivity contribution is -0.384. The van der Waals surface area contributed by atoms with Crippen molar-refractivity contribution >= 4 is 23.9 Å². The molecule has 1 spiro atoms. The molecule has 8 atom stereocenters. The molecule has 1 heterocycles. The van der Waals surface area contributed by atoms with Crippen molar-refractivity contribution < 1.29 is 33.5 Å². The Morgan fingerprint density at radius 2 is 1.88 bits per heavy atom. The first-order chi connectivity index (χ1) is 19.4. The summed E-state index contributed by atoms with van der Waals surface area (Å²) in [6, 6.07) is 5.21. The number of carbonyl (C=O) groups excluding carboxylic acids is 3. The van der Waals surface area contributed by atoms with Gasteiger partial charge in [0.05, 0.1) is 22.5 Å². The van der Waals surface area contributed by atoms with E-state index in [1.54, 1.807) is 0 Å². The topological polar surface area (TPSA) is 122 Å². The zero-order valence-corrected chi connectivity index (χ0v) is 24.5. The van der Waals surface area contributed by atoms with E-state index in [0.717, 1.165) is 25.5 Å². The molecule has 0 unspecified atom stereocenters. The van der Waals surface area contributed by atoms with Crippen LogP contribution >= 0.6 is 0 Å². The molecule has 1 saturated heterocycles. The van der Waals surface area contributed by atoms with E-state index >= 15 is 0 Å². The number of non-ortho nitro benzene ring substituents is 1. The maximum absolute atomic E-state index is 14.2. The van der Waals surface area contributed by atoms with Gasteiger partial charge in [-0.05, 0) is 78.9 Å². The van der Waals surface area contributed by atoms with Gasteiger partial charge in [0.1, 0.15) is 17.8 Å². The molecule has 2 saturated carbocycles.